The number of rotatable bonds is 3. The van der Waals surface area contributed by atoms with Crippen LogP contribution in [0.1, 0.15) is 22.5 Å². The largest absolute Gasteiger partial charge is 0.495 e. The van der Waals surface area contributed by atoms with Crippen LogP contribution in [0.25, 0.3) is 0 Å². The molecule has 0 atom stereocenters. The molecule has 2 aromatic heterocycles. The average Bonchev–Trinajstić information content (AvgIpc) is 2.76. The first-order valence-electron chi connectivity index (χ1n) is 7.04. The van der Waals surface area contributed by atoms with Gasteiger partial charge >= 0.3 is 0 Å². The minimum atomic E-state index is -0.102. The number of amides is 1. The van der Waals surface area contributed by atoms with Crippen molar-refractivity contribution in [3.05, 3.63) is 33.7 Å². The van der Waals surface area contributed by atoms with Gasteiger partial charge in [-0.3, -0.25) is 14.7 Å². The lowest BCUT2D eigenvalue weighted by Gasteiger charge is -2.18. The summed E-state index contributed by atoms with van der Waals surface area (Å²) in [6.07, 6.45) is 0.169. The summed E-state index contributed by atoms with van der Waals surface area (Å²) in [6, 6.07) is 1.89. The molecule has 0 unspecified atom stereocenters. The van der Waals surface area contributed by atoms with Gasteiger partial charge in [-0.2, -0.15) is 4.98 Å². The predicted octanol–water partition coefficient (Wildman–Crippen LogP) is 1.82. The van der Waals surface area contributed by atoms with Crippen LogP contribution in [0.15, 0.2) is 6.07 Å². The Morgan fingerprint density at radius 2 is 2.09 bits per heavy atom. The lowest BCUT2D eigenvalue weighted by atomic mass is 10.2. The van der Waals surface area contributed by atoms with Gasteiger partial charge in [0.05, 0.1) is 31.5 Å². The van der Waals surface area contributed by atoms with E-state index in [-0.39, 0.29) is 23.4 Å². The molecule has 1 aliphatic rings. The number of nitrogens with two attached hydrogens (primary N) is 1. The Morgan fingerprint density at radius 3 is 2.74 bits per heavy atom. The first-order valence-corrected chi connectivity index (χ1v) is 7.42. The van der Waals surface area contributed by atoms with Crippen LogP contribution in [0.2, 0.25) is 5.15 Å². The number of anilines is 2. The molecule has 0 saturated carbocycles. The van der Waals surface area contributed by atoms with E-state index in [9.17, 15) is 4.79 Å². The third kappa shape index (κ3) is 2.68. The molecule has 2 aromatic rings. The molecule has 2 N–H and O–H groups in total. The zero-order valence-electron chi connectivity index (χ0n) is 13.1. The highest BCUT2D eigenvalue weighted by Crippen LogP contribution is 2.33. The highest BCUT2D eigenvalue weighted by atomic mass is 35.5. The first-order chi connectivity index (χ1) is 10.9. The molecule has 0 spiro atoms. The number of pyridine rings is 1. The minimum Gasteiger partial charge on any atom is -0.495 e. The highest BCUT2D eigenvalue weighted by molar-refractivity contribution is 6.31. The maximum absolute atomic E-state index is 12.3. The molecule has 0 bridgehead atoms. The molecule has 0 radical (unpaired) electrons. The molecule has 0 saturated heterocycles. The van der Waals surface area contributed by atoms with Crippen LogP contribution in [0.5, 0.6) is 5.75 Å². The van der Waals surface area contributed by atoms with Crippen molar-refractivity contribution >= 4 is 29.3 Å². The smallest absolute Gasteiger partial charge is 0.233 e. The van der Waals surface area contributed by atoms with Crippen LogP contribution in [-0.4, -0.2) is 28.0 Å². The molecule has 1 amide bonds. The summed E-state index contributed by atoms with van der Waals surface area (Å²) in [5.41, 5.74) is 8.73. The Kier molecular flexibility index (Phi) is 3.81. The van der Waals surface area contributed by atoms with Gasteiger partial charge in [0.1, 0.15) is 16.7 Å². The van der Waals surface area contributed by atoms with E-state index in [1.807, 2.05) is 19.9 Å². The Balaban J connectivity index is 1.98. The SMILES string of the molecule is COc1c(C)cc(CN2C(=O)Cc3c(Cl)nc(N)nc32)nc1C. The molecular formula is C15H16ClN5O2. The maximum Gasteiger partial charge on any atom is 0.233 e. The molecule has 120 valence electrons. The number of carbonyl (C=O) groups excluding carboxylic acids is 1. The van der Waals surface area contributed by atoms with Gasteiger partial charge in [0.2, 0.25) is 11.9 Å². The zero-order valence-corrected chi connectivity index (χ0v) is 13.8. The number of nitrogen functional groups attached to an aromatic ring is 1. The lowest BCUT2D eigenvalue weighted by molar-refractivity contribution is -0.117. The molecule has 0 aromatic carbocycles. The van der Waals surface area contributed by atoms with Crippen molar-refractivity contribution in [2.75, 3.05) is 17.7 Å². The maximum atomic E-state index is 12.3. The number of methoxy groups -OCH3 is 1. The van der Waals surface area contributed by atoms with Gasteiger partial charge in [0.15, 0.2) is 0 Å². The van der Waals surface area contributed by atoms with Crippen LogP contribution < -0.4 is 15.4 Å². The number of nitrogens with zero attached hydrogens (tertiary/aromatic N) is 4. The van der Waals surface area contributed by atoms with E-state index in [0.29, 0.717) is 17.9 Å². The van der Waals surface area contributed by atoms with E-state index >= 15 is 0 Å². The standard InChI is InChI=1S/C15H16ClN5O2/c1-7-4-9(18-8(2)12(7)23-3)6-21-11(22)5-10-13(16)19-15(17)20-14(10)21/h4H,5-6H2,1-3H3,(H2,17,19,20). The van der Waals surface area contributed by atoms with E-state index in [4.69, 9.17) is 22.1 Å². The van der Waals surface area contributed by atoms with Gasteiger partial charge in [-0.1, -0.05) is 11.6 Å². The molecule has 3 heterocycles. The second-order valence-electron chi connectivity index (χ2n) is 5.38. The van der Waals surface area contributed by atoms with Gasteiger partial charge in [0.25, 0.3) is 0 Å². The van der Waals surface area contributed by atoms with Crippen molar-refractivity contribution in [3.8, 4) is 5.75 Å². The van der Waals surface area contributed by atoms with Crippen LogP contribution in [0.4, 0.5) is 11.8 Å². The van der Waals surface area contributed by atoms with Gasteiger partial charge in [-0.05, 0) is 25.5 Å². The second-order valence-corrected chi connectivity index (χ2v) is 5.74. The van der Waals surface area contributed by atoms with Crippen molar-refractivity contribution in [1.82, 2.24) is 15.0 Å². The van der Waals surface area contributed by atoms with Gasteiger partial charge in [-0.15, -0.1) is 0 Å². The molecule has 1 aliphatic heterocycles. The number of hydrogen-bond donors (Lipinski definition) is 1. The second kappa shape index (κ2) is 5.66. The predicted molar refractivity (Wildman–Crippen MR) is 86.6 cm³/mol. The van der Waals surface area contributed by atoms with Gasteiger partial charge in [-0.25, -0.2) is 4.98 Å². The van der Waals surface area contributed by atoms with E-state index in [1.54, 1.807) is 7.11 Å². The molecule has 3 rings (SSSR count). The molecule has 0 fully saturated rings. The van der Waals surface area contributed by atoms with E-state index in [2.05, 4.69) is 15.0 Å². The van der Waals surface area contributed by atoms with Crippen LogP contribution >= 0.6 is 11.6 Å². The van der Waals surface area contributed by atoms with Crippen LogP contribution in [0, 0.1) is 13.8 Å². The fourth-order valence-electron chi connectivity index (χ4n) is 2.82. The molecular weight excluding hydrogens is 318 g/mol. The fourth-order valence-corrected chi connectivity index (χ4v) is 3.05. The van der Waals surface area contributed by atoms with E-state index < -0.39 is 0 Å². The van der Waals surface area contributed by atoms with E-state index in [0.717, 1.165) is 22.7 Å². The molecule has 7 nitrogen and oxygen atoms in total. The summed E-state index contributed by atoms with van der Waals surface area (Å²) < 4.78 is 5.31. The first kappa shape index (κ1) is 15.5. The number of carbonyl (C=O) groups is 1. The summed E-state index contributed by atoms with van der Waals surface area (Å²) in [5.74, 6) is 1.15. The summed E-state index contributed by atoms with van der Waals surface area (Å²) in [6.45, 7) is 4.10. The van der Waals surface area contributed by atoms with Crippen LogP contribution in [0.3, 0.4) is 0 Å². The third-order valence-electron chi connectivity index (χ3n) is 3.74. The Hall–Kier alpha value is -2.41. The number of fused-ring (bicyclic) bond motifs is 1. The highest BCUT2D eigenvalue weighted by Gasteiger charge is 2.32. The third-order valence-corrected chi connectivity index (χ3v) is 4.05. The summed E-state index contributed by atoms with van der Waals surface area (Å²) in [4.78, 5) is 26.4. The topological polar surface area (TPSA) is 94.2 Å². The van der Waals surface area contributed by atoms with Crippen LogP contribution in [-0.2, 0) is 17.8 Å². The number of aryl methyl sites for hydroxylation is 2. The zero-order chi connectivity index (χ0) is 16.7. The van der Waals surface area contributed by atoms with Crippen molar-refractivity contribution < 1.29 is 9.53 Å². The quantitative estimate of drug-likeness (QED) is 0.861. The lowest BCUT2D eigenvalue weighted by Crippen LogP contribution is -2.27. The van der Waals surface area contributed by atoms with Crippen molar-refractivity contribution in [3.63, 3.8) is 0 Å². The Bertz CT molecular complexity index is 786. The Labute approximate surface area is 138 Å². The van der Waals surface area contributed by atoms with Crippen molar-refractivity contribution in [2.45, 2.75) is 26.8 Å². The number of ether oxygens (including phenoxy) is 1. The molecule has 23 heavy (non-hydrogen) atoms. The molecule has 0 aliphatic carbocycles. The Morgan fingerprint density at radius 1 is 1.35 bits per heavy atom. The summed E-state index contributed by atoms with van der Waals surface area (Å²) in [5, 5.41) is 0.221. The monoisotopic (exact) mass is 333 g/mol. The summed E-state index contributed by atoms with van der Waals surface area (Å²) in [7, 11) is 1.61. The number of hydrogen-bond acceptors (Lipinski definition) is 6. The van der Waals surface area contributed by atoms with Crippen molar-refractivity contribution in [1.29, 1.82) is 0 Å². The normalized spacial score (nSPS) is 13.4. The molecule has 8 heteroatoms. The minimum absolute atomic E-state index is 0.0449. The average molecular weight is 334 g/mol. The number of halogens is 1. The fraction of sp³-hybridized carbons (Fsp3) is 0.333. The number of aromatic nitrogens is 3. The van der Waals surface area contributed by atoms with E-state index in [1.165, 1.54) is 4.90 Å². The van der Waals surface area contributed by atoms with Crippen molar-refractivity contribution in [2.24, 2.45) is 0 Å². The summed E-state index contributed by atoms with van der Waals surface area (Å²) >= 11 is 6.06. The van der Waals surface area contributed by atoms with Gasteiger partial charge in [0, 0.05) is 5.56 Å². The van der Waals surface area contributed by atoms with Gasteiger partial charge < -0.3 is 10.5 Å².